The number of aryl methyl sites for hydroxylation is 1. The van der Waals surface area contributed by atoms with E-state index in [1.54, 1.807) is 11.0 Å². The van der Waals surface area contributed by atoms with Crippen molar-refractivity contribution in [2.45, 2.75) is 12.1 Å². The molecule has 0 spiro atoms. The Hall–Kier alpha value is -0.980. The number of hydrogen-bond donors (Lipinski definition) is 2. The number of rotatable bonds is 3. The normalized spacial score (nSPS) is 20.8. The van der Waals surface area contributed by atoms with Gasteiger partial charge in [0.2, 0.25) is 0 Å². The highest BCUT2D eigenvalue weighted by atomic mass is 16.3. The Morgan fingerprint density at radius 2 is 2.43 bits per heavy atom. The molecule has 0 amide bonds. The molecule has 1 aliphatic heterocycles. The van der Waals surface area contributed by atoms with Crippen LogP contribution >= 0.6 is 0 Å². The molecule has 0 bridgehead atoms. The van der Waals surface area contributed by atoms with Crippen LogP contribution in [0.2, 0.25) is 0 Å². The summed E-state index contributed by atoms with van der Waals surface area (Å²) in [5.41, 5.74) is 5.66. The zero-order chi connectivity index (χ0) is 10.1. The molecule has 14 heavy (non-hydrogen) atoms. The molecule has 0 aliphatic carbocycles. The first-order valence-electron chi connectivity index (χ1n) is 4.68. The Morgan fingerprint density at radius 1 is 1.71 bits per heavy atom. The molecule has 1 aliphatic rings. The number of β-amino-alcohol motifs (C(OH)–C–C–N with tert-alkyl or cyclic N) is 1. The molecule has 2 rings (SSSR count). The van der Waals surface area contributed by atoms with Crippen molar-refractivity contribution in [2.24, 2.45) is 12.8 Å². The average Bonchev–Trinajstić information content (AvgIpc) is 2.50. The number of aliphatic hydroxyl groups is 1. The van der Waals surface area contributed by atoms with Gasteiger partial charge in [0, 0.05) is 26.7 Å². The Labute approximate surface area is 82.3 Å². The van der Waals surface area contributed by atoms with Crippen molar-refractivity contribution >= 4 is 0 Å². The van der Waals surface area contributed by atoms with E-state index in [1.165, 1.54) is 0 Å². The summed E-state index contributed by atoms with van der Waals surface area (Å²) in [6.45, 7) is 1.82. The summed E-state index contributed by atoms with van der Waals surface area (Å²) in [7, 11) is 1.83. The standard InChI is InChI=1S/C8H15N5O/c1-12-5-10-8(11-12)7(2-9)13-3-6(14)4-13/h5-7,14H,2-4,9H2,1H3. The van der Waals surface area contributed by atoms with Gasteiger partial charge in [-0.2, -0.15) is 5.10 Å². The van der Waals surface area contributed by atoms with Crippen molar-refractivity contribution < 1.29 is 5.11 Å². The maximum atomic E-state index is 9.19. The van der Waals surface area contributed by atoms with Crippen LogP contribution in [0.25, 0.3) is 0 Å². The molecular formula is C8H15N5O. The molecular weight excluding hydrogens is 182 g/mol. The summed E-state index contributed by atoms with van der Waals surface area (Å²) in [6, 6.07) is 0.0413. The minimum Gasteiger partial charge on any atom is -0.390 e. The van der Waals surface area contributed by atoms with E-state index in [2.05, 4.69) is 15.0 Å². The molecule has 2 heterocycles. The van der Waals surface area contributed by atoms with Crippen LogP contribution in [-0.4, -0.2) is 50.5 Å². The largest absolute Gasteiger partial charge is 0.390 e. The van der Waals surface area contributed by atoms with E-state index in [0.29, 0.717) is 19.6 Å². The molecule has 0 saturated carbocycles. The van der Waals surface area contributed by atoms with Crippen LogP contribution in [0.4, 0.5) is 0 Å². The van der Waals surface area contributed by atoms with E-state index in [9.17, 15) is 5.11 Å². The Morgan fingerprint density at radius 3 is 2.86 bits per heavy atom. The fourth-order valence-electron chi connectivity index (χ4n) is 1.67. The third-order valence-corrected chi connectivity index (χ3v) is 2.47. The Balaban J connectivity index is 2.06. The van der Waals surface area contributed by atoms with Gasteiger partial charge in [0.15, 0.2) is 5.82 Å². The molecule has 0 aromatic carbocycles. The van der Waals surface area contributed by atoms with Gasteiger partial charge in [-0.3, -0.25) is 9.58 Å². The van der Waals surface area contributed by atoms with E-state index in [0.717, 1.165) is 5.82 Å². The third-order valence-electron chi connectivity index (χ3n) is 2.47. The first-order chi connectivity index (χ1) is 6.70. The molecule has 3 N–H and O–H groups in total. The van der Waals surface area contributed by atoms with Gasteiger partial charge in [0.05, 0.1) is 12.1 Å². The molecule has 78 valence electrons. The van der Waals surface area contributed by atoms with Gasteiger partial charge in [-0.05, 0) is 0 Å². The van der Waals surface area contributed by atoms with E-state index < -0.39 is 0 Å². The lowest BCUT2D eigenvalue weighted by Crippen LogP contribution is -2.53. The predicted molar refractivity (Wildman–Crippen MR) is 50.4 cm³/mol. The zero-order valence-corrected chi connectivity index (χ0v) is 8.17. The van der Waals surface area contributed by atoms with Crippen molar-refractivity contribution in [1.29, 1.82) is 0 Å². The molecule has 0 radical (unpaired) electrons. The minimum absolute atomic E-state index is 0.0413. The summed E-state index contributed by atoms with van der Waals surface area (Å²) in [5.74, 6) is 0.738. The SMILES string of the molecule is Cn1cnc(C(CN)N2CC(O)C2)n1. The van der Waals surface area contributed by atoms with Crippen molar-refractivity contribution in [3.8, 4) is 0 Å². The molecule has 6 heteroatoms. The number of nitrogens with two attached hydrogens (primary N) is 1. The van der Waals surface area contributed by atoms with Gasteiger partial charge in [-0.25, -0.2) is 4.98 Å². The van der Waals surface area contributed by atoms with Crippen LogP contribution in [0.3, 0.4) is 0 Å². The summed E-state index contributed by atoms with van der Waals surface area (Å²) in [5, 5.41) is 13.4. The highest BCUT2D eigenvalue weighted by molar-refractivity contribution is 4.98. The second-order valence-corrected chi connectivity index (χ2v) is 3.64. The third kappa shape index (κ3) is 1.63. The molecule has 1 aromatic rings. The minimum atomic E-state index is -0.215. The summed E-state index contributed by atoms with van der Waals surface area (Å²) in [6.07, 6.45) is 1.45. The molecule has 1 atom stereocenters. The summed E-state index contributed by atoms with van der Waals surface area (Å²) < 4.78 is 1.66. The predicted octanol–water partition coefficient (Wildman–Crippen LogP) is -1.51. The molecule has 1 unspecified atom stereocenters. The average molecular weight is 197 g/mol. The first-order valence-corrected chi connectivity index (χ1v) is 4.68. The van der Waals surface area contributed by atoms with Gasteiger partial charge in [0.1, 0.15) is 6.33 Å². The van der Waals surface area contributed by atoms with Crippen LogP contribution in [0.15, 0.2) is 6.33 Å². The van der Waals surface area contributed by atoms with Gasteiger partial charge >= 0.3 is 0 Å². The highest BCUT2D eigenvalue weighted by Crippen LogP contribution is 2.21. The van der Waals surface area contributed by atoms with E-state index >= 15 is 0 Å². The lowest BCUT2D eigenvalue weighted by Gasteiger charge is -2.40. The molecule has 1 aromatic heterocycles. The summed E-state index contributed by atoms with van der Waals surface area (Å²) >= 11 is 0. The first kappa shape index (κ1) is 9.57. The second-order valence-electron chi connectivity index (χ2n) is 3.64. The zero-order valence-electron chi connectivity index (χ0n) is 8.17. The van der Waals surface area contributed by atoms with Gasteiger partial charge in [-0.15, -0.1) is 0 Å². The quantitative estimate of drug-likeness (QED) is 0.616. The maximum absolute atomic E-state index is 9.19. The molecule has 6 nitrogen and oxygen atoms in total. The van der Waals surface area contributed by atoms with Crippen LogP contribution in [0.5, 0.6) is 0 Å². The van der Waals surface area contributed by atoms with Gasteiger partial charge in [-0.1, -0.05) is 0 Å². The van der Waals surface area contributed by atoms with Gasteiger partial charge in [0.25, 0.3) is 0 Å². The highest BCUT2D eigenvalue weighted by Gasteiger charge is 2.32. The fraction of sp³-hybridized carbons (Fsp3) is 0.750. The number of hydrogen-bond acceptors (Lipinski definition) is 5. The van der Waals surface area contributed by atoms with Crippen LogP contribution < -0.4 is 5.73 Å². The van der Waals surface area contributed by atoms with Crippen molar-refractivity contribution in [3.63, 3.8) is 0 Å². The lowest BCUT2D eigenvalue weighted by atomic mass is 10.1. The van der Waals surface area contributed by atoms with Crippen LogP contribution in [0.1, 0.15) is 11.9 Å². The second kappa shape index (κ2) is 3.64. The molecule has 1 fully saturated rings. The smallest absolute Gasteiger partial charge is 0.168 e. The fourth-order valence-corrected chi connectivity index (χ4v) is 1.67. The van der Waals surface area contributed by atoms with Crippen molar-refractivity contribution in [2.75, 3.05) is 19.6 Å². The lowest BCUT2D eigenvalue weighted by molar-refractivity contribution is -0.0253. The maximum Gasteiger partial charge on any atom is 0.168 e. The number of likely N-dealkylation sites (tertiary alicyclic amines) is 1. The Bertz CT molecular complexity index is 306. The monoisotopic (exact) mass is 197 g/mol. The number of aromatic nitrogens is 3. The number of aliphatic hydroxyl groups excluding tert-OH is 1. The van der Waals surface area contributed by atoms with E-state index in [-0.39, 0.29) is 12.1 Å². The number of nitrogens with zero attached hydrogens (tertiary/aromatic N) is 4. The Kier molecular flexibility index (Phi) is 2.49. The molecule has 1 saturated heterocycles. The van der Waals surface area contributed by atoms with Gasteiger partial charge < -0.3 is 10.8 Å². The van der Waals surface area contributed by atoms with Crippen LogP contribution in [0, 0.1) is 0 Å². The van der Waals surface area contributed by atoms with Crippen LogP contribution in [-0.2, 0) is 7.05 Å². The summed E-state index contributed by atoms with van der Waals surface area (Å²) in [4.78, 5) is 6.25. The van der Waals surface area contributed by atoms with Crippen molar-refractivity contribution in [1.82, 2.24) is 19.7 Å². The topological polar surface area (TPSA) is 80.2 Å². The van der Waals surface area contributed by atoms with Crippen molar-refractivity contribution in [3.05, 3.63) is 12.2 Å². The van der Waals surface area contributed by atoms with E-state index in [1.807, 2.05) is 7.05 Å². The van der Waals surface area contributed by atoms with E-state index in [4.69, 9.17) is 5.73 Å².